The average Bonchev–Trinajstić information content (AvgIpc) is 3.09. The molecule has 0 saturated carbocycles. The van der Waals surface area contributed by atoms with Gasteiger partial charge in [0.1, 0.15) is 6.54 Å². The second-order valence-electron chi connectivity index (χ2n) is 14.0. The lowest BCUT2D eigenvalue weighted by atomic mass is 9.82. The van der Waals surface area contributed by atoms with E-state index in [0.29, 0.717) is 24.4 Å². The van der Waals surface area contributed by atoms with Crippen LogP contribution < -0.4 is 23.5 Å². The number of hydroxylamine groups is 3. The standard InChI is InChI=1S/C40H66N4O4.ClH/c1-6-8-9-10-11-12-13-14-15-16-17-18-19-20-21-25-29-42-40(46)48-44(7-2)32(3)36(37(39(45)47-5)38(41)33(44)4)35-28-30-43(35)31-34-26-23-22-24-27-34;/h22-24,26-27,33,35H,6-21,25,28-31H2,1-5H3,(H2-,41,42,45,46);1H. The number of amides is 1. The van der Waals surface area contributed by atoms with Gasteiger partial charge in [-0.25, -0.2) is 14.4 Å². The Hall–Kier alpha value is -2.55. The van der Waals surface area contributed by atoms with Crippen LogP contribution in [0.2, 0.25) is 0 Å². The Labute approximate surface area is 304 Å². The first kappa shape index (κ1) is 42.6. The zero-order valence-corrected chi connectivity index (χ0v) is 32.1. The highest BCUT2D eigenvalue weighted by Gasteiger charge is 2.52. The van der Waals surface area contributed by atoms with Gasteiger partial charge in [0.25, 0.3) is 0 Å². The number of likely N-dealkylation sites (tertiary alicyclic amines) is 1. The number of carbonyl (C=O) groups is 2. The number of hydrogen-bond donors (Lipinski definition) is 2. The largest absolute Gasteiger partial charge is 1.00 e. The third kappa shape index (κ3) is 12.3. The zero-order valence-electron chi connectivity index (χ0n) is 31.4. The predicted molar refractivity (Wildman–Crippen MR) is 195 cm³/mol. The SMILES string of the molecule is CCCCCCCCCCCCCCCCCCNC(=O)O[N+]1(CC)C(C)=C(C2CCN2Cc2ccccc2)C(C(=O)OC)=C(N)C1C.[Cl-]. The summed E-state index contributed by atoms with van der Waals surface area (Å²) in [6.45, 7) is 10.9. The maximum absolute atomic E-state index is 13.2. The molecule has 2 aliphatic heterocycles. The Morgan fingerprint density at radius 3 is 1.88 bits per heavy atom. The number of quaternary nitrogens is 1. The van der Waals surface area contributed by atoms with Gasteiger partial charge < -0.3 is 28.2 Å². The lowest BCUT2D eigenvalue weighted by molar-refractivity contribution is -1.07. The van der Waals surface area contributed by atoms with E-state index in [1.165, 1.54) is 103 Å². The molecule has 1 aromatic rings. The first-order valence-electron chi connectivity index (χ1n) is 19.2. The molecule has 49 heavy (non-hydrogen) atoms. The van der Waals surface area contributed by atoms with E-state index >= 15 is 0 Å². The van der Waals surface area contributed by atoms with Crippen LogP contribution in [0.3, 0.4) is 0 Å². The Kier molecular flexibility index (Phi) is 20.0. The van der Waals surface area contributed by atoms with E-state index in [1.807, 2.05) is 39.0 Å². The number of unbranched alkanes of at least 4 members (excludes halogenated alkanes) is 15. The minimum Gasteiger partial charge on any atom is -1.00 e. The van der Waals surface area contributed by atoms with Crippen molar-refractivity contribution in [3.63, 3.8) is 0 Å². The van der Waals surface area contributed by atoms with Crippen molar-refractivity contribution in [2.24, 2.45) is 5.73 Å². The quantitative estimate of drug-likeness (QED) is 0.0818. The van der Waals surface area contributed by atoms with Gasteiger partial charge in [0, 0.05) is 38.2 Å². The van der Waals surface area contributed by atoms with Crippen molar-refractivity contribution >= 4 is 12.1 Å². The summed E-state index contributed by atoms with van der Waals surface area (Å²) in [6, 6.07) is 9.87. The third-order valence-corrected chi connectivity index (χ3v) is 10.7. The first-order chi connectivity index (χ1) is 23.3. The molecule has 0 aromatic heterocycles. The summed E-state index contributed by atoms with van der Waals surface area (Å²) >= 11 is 0. The maximum atomic E-state index is 13.2. The fourth-order valence-electron chi connectivity index (χ4n) is 7.54. The molecule has 9 heteroatoms. The lowest BCUT2D eigenvalue weighted by Gasteiger charge is -2.48. The zero-order chi connectivity index (χ0) is 34.8. The lowest BCUT2D eigenvalue weighted by Crippen LogP contribution is -3.00. The Morgan fingerprint density at radius 2 is 1.41 bits per heavy atom. The van der Waals surface area contributed by atoms with Crippen LogP contribution in [0.25, 0.3) is 0 Å². The number of nitrogens with zero attached hydrogens (tertiary/aromatic N) is 2. The first-order valence-corrected chi connectivity index (χ1v) is 19.2. The molecule has 1 fully saturated rings. The monoisotopic (exact) mass is 702 g/mol. The van der Waals surface area contributed by atoms with E-state index in [1.54, 1.807) is 0 Å². The molecule has 0 radical (unpaired) electrons. The molecule has 2 aliphatic rings. The van der Waals surface area contributed by atoms with Gasteiger partial charge >= 0.3 is 12.1 Å². The fraction of sp³-hybridized carbons (Fsp3) is 0.700. The van der Waals surface area contributed by atoms with Crippen LogP contribution in [0.5, 0.6) is 0 Å². The van der Waals surface area contributed by atoms with Crippen molar-refractivity contribution < 1.29 is 36.2 Å². The highest BCUT2D eigenvalue weighted by atomic mass is 35.5. The highest BCUT2D eigenvalue weighted by Crippen LogP contribution is 2.43. The summed E-state index contributed by atoms with van der Waals surface area (Å²) in [5.74, 6) is -0.442. The summed E-state index contributed by atoms with van der Waals surface area (Å²) in [7, 11) is 1.39. The third-order valence-electron chi connectivity index (χ3n) is 10.7. The van der Waals surface area contributed by atoms with E-state index < -0.39 is 18.1 Å². The number of esters is 1. The molecular formula is C40H67ClN4O4. The maximum Gasteiger partial charge on any atom is 0.462 e. The summed E-state index contributed by atoms with van der Waals surface area (Å²) in [5, 5.41) is 2.99. The minimum atomic E-state index is -0.451. The number of rotatable bonds is 23. The molecule has 1 aromatic carbocycles. The van der Waals surface area contributed by atoms with Crippen LogP contribution in [0.1, 0.15) is 142 Å². The molecule has 0 aliphatic carbocycles. The molecule has 3 N–H and O–H groups in total. The number of likely N-dealkylation sites (N-methyl/N-ethyl adjacent to an activating group) is 1. The fourth-order valence-corrected chi connectivity index (χ4v) is 7.54. The second-order valence-corrected chi connectivity index (χ2v) is 14.0. The summed E-state index contributed by atoms with van der Waals surface area (Å²) in [5.41, 5.74) is 10.4. The number of carbonyl (C=O) groups excluding carboxylic acids is 2. The van der Waals surface area contributed by atoms with Crippen LogP contribution in [0.4, 0.5) is 4.79 Å². The molecule has 0 bridgehead atoms. The van der Waals surface area contributed by atoms with E-state index in [4.69, 9.17) is 15.3 Å². The van der Waals surface area contributed by atoms with Gasteiger partial charge in [0.05, 0.1) is 18.4 Å². The normalized spacial score (nSPS) is 20.8. The molecule has 3 unspecified atom stereocenters. The van der Waals surface area contributed by atoms with Gasteiger partial charge in [-0.15, -0.1) is 0 Å². The number of halogens is 1. The van der Waals surface area contributed by atoms with E-state index in [9.17, 15) is 9.59 Å². The molecule has 8 nitrogen and oxygen atoms in total. The number of methoxy groups -OCH3 is 1. The van der Waals surface area contributed by atoms with E-state index in [2.05, 4.69) is 29.3 Å². The van der Waals surface area contributed by atoms with E-state index in [-0.39, 0.29) is 23.1 Å². The van der Waals surface area contributed by atoms with Crippen molar-refractivity contribution in [1.29, 1.82) is 0 Å². The summed E-state index contributed by atoms with van der Waals surface area (Å²) < 4.78 is 5.16. The molecule has 0 spiro atoms. The Balaban J connectivity index is 0.00000833. The van der Waals surface area contributed by atoms with Gasteiger partial charge in [0.15, 0.2) is 11.7 Å². The number of ether oxygens (including phenoxy) is 1. The van der Waals surface area contributed by atoms with Gasteiger partial charge in [-0.2, -0.15) is 0 Å². The van der Waals surface area contributed by atoms with Crippen LogP contribution in [0, 0.1) is 0 Å². The van der Waals surface area contributed by atoms with Gasteiger partial charge in [-0.3, -0.25) is 4.90 Å². The van der Waals surface area contributed by atoms with Gasteiger partial charge in [-0.1, -0.05) is 138 Å². The van der Waals surface area contributed by atoms with Gasteiger partial charge in [-0.05, 0) is 32.3 Å². The number of allylic oxidation sites excluding steroid dienone is 1. The van der Waals surface area contributed by atoms with Crippen LogP contribution in [-0.4, -0.2) is 60.4 Å². The van der Waals surface area contributed by atoms with Crippen molar-refractivity contribution in [2.45, 2.75) is 155 Å². The molecular weight excluding hydrogens is 636 g/mol. The number of nitrogens with one attached hydrogen (secondary N) is 1. The smallest absolute Gasteiger partial charge is 0.462 e. The van der Waals surface area contributed by atoms with Crippen molar-refractivity contribution in [2.75, 3.05) is 26.7 Å². The Bertz CT molecular complexity index is 1190. The van der Waals surface area contributed by atoms with E-state index in [0.717, 1.165) is 43.6 Å². The molecule has 1 amide bonds. The predicted octanol–water partition coefficient (Wildman–Crippen LogP) is 6.07. The molecule has 2 heterocycles. The minimum absolute atomic E-state index is 0. The summed E-state index contributed by atoms with van der Waals surface area (Å²) in [6.07, 6.45) is 21.5. The van der Waals surface area contributed by atoms with Crippen LogP contribution in [-0.2, 0) is 20.9 Å². The molecule has 1 saturated heterocycles. The Morgan fingerprint density at radius 1 is 0.878 bits per heavy atom. The topological polar surface area (TPSA) is 93.9 Å². The average molecular weight is 703 g/mol. The highest BCUT2D eigenvalue weighted by molar-refractivity contribution is 5.95. The number of benzene rings is 1. The molecule has 278 valence electrons. The van der Waals surface area contributed by atoms with Gasteiger partial charge in [0.2, 0.25) is 0 Å². The van der Waals surface area contributed by atoms with Crippen molar-refractivity contribution in [1.82, 2.24) is 10.2 Å². The number of nitrogens with two attached hydrogens (primary N) is 1. The summed E-state index contributed by atoms with van der Waals surface area (Å²) in [4.78, 5) is 35.0. The molecule has 3 atom stereocenters. The van der Waals surface area contributed by atoms with Crippen molar-refractivity contribution in [3.05, 3.63) is 58.4 Å². The van der Waals surface area contributed by atoms with Crippen molar-refractivity contribution in [3.8, 4) is 0 Å². The molecule has 3 rings (SSSR count). The van der Waals surface area contributed by atoms with Crippen LogP contribution >= 0.6 is 0 Å². The van der Waals surface area contributed by atoms with Crippen LogP contribution in [0.15, 0.2) is 52.9 Å². The number of hydrogen-bond acceptors (Lipinski definition) is 6. The second kappa shape index (κ2) is 23.0.